The lowest BCUT2D eigenvalue weighted by atomic mass is 10.2. The van der Waals surface area contributed by atoms with E-state index in [1.54, 1.807) is 36.4 Å². The topological polar surface area (TPSA) is 75.7 Å². The quantitative estimate of drug-likeness (QED) is 0.397. The van der Waals surface area contributed by atoms with Gasteiger partial charge in [-0.2, -0.15) is 0 Å². The summed E-state index contributed by atoms with van der Waals surface area (Å²) in [6.07, 6.45) is 1.14. The molecule has 0 unspecified atom stereocenters. The number of hydrogen-bond acceptors (Lipinski definition) is 5. The van der Waals surface area contributed by atoms with Crippen LogP contribution in [0.1, 0.15) is 5.56 Å². The van der Waals surface area contributed by atoms with E-state index in [0.29, 0.717) is 15.5 Å². The number of nitrogens with zero attached hydrogens (tertiary/aromatic N) is 2. The van der Waals surface area contributed by atoms with E-state index < -0.39 is 4.92 Å². The van der Waals surface area contributed by atoms with E-state index >= 15 is 0 Å². The molecule has 0 heterocycles. The second kappa shape index (κ2) is 6.40. The SMILES string of the molecule is O=[N+]([O-])c1cc(C=NO)ccc1Sc1ccc(Cl)cc1. The van der Waals surface area contributed by atoms with Crippen LogP contribution < -0.4 is 0 Å². The van der Waals surface area contributed by atoms with Crippen molar-refractivity contribution in [2.24, 2.45) is 5.16 Å². The zero-order valence-electron chi connectivity index (χ0n) is 10.1. The molecule has 20 heavy (non-hydrogen) atoms. The summed E-state index contributed by atoms with van der Waals surface area (Å²) in [7, 11) is 0. The van der Waals surface area contributed by atoms with Crippen molar-refractivity contribution in [2.45, 2.75) is 9.79 Å². The predicted octanol–water partition coefficient (Wildman–Crippen LogP) is 4.21. The first-order chi connectivity index (χ1) is 9.60. The molecule has 2 aromatic carbocycles. The largest absolute Gasteiger partial charge is 0.411 e. The maximum atomic E-state index is 11.1. The summed E-state index contributed by atoms with van der Waals surface area (Å²) in [5.74, 6) is 0. The van der Waals surface area contributed by atoms with Crippen molar-refractivity contribution in [3.8, 4) is 0 Å². The molecule has 0 amide bonds. The Bertz CT molecular complexity index is 659. The van der Waals surface area contributed by atoms with E-state index in [9.17, 15) is 10.1 Å². The number of hydrogen-bond donors (Lipinski definition) is 1. The monoisotopic (exact) mass is 308 g/mol. The smallest absolute Gasteiger partial charge is 0.283 e. The second-order valence-corrected chi connectivity index (χ2v) is 5.34. The van der Waals surface area contributed by atoms with Gasteiger partial charge in [-0.15, -0.1) is 0 Å². The van der Waals surface area contributed by atoms with Crippen molar-refractivity contribution >= 4 is 35.3 Å². The fourth-order valence-electron chi connectivity index (χ4n) is 1.54. The highest BCUT2D eigenvalue weighted by molar-refractivity contribution is 7.99. The Morgan fingerprint density at radius 1 is 1.25 bits per heavy atom. The van der Waals surface area contributed by atoms with Crippen LogP contribution in [0.5, 0.6) is 0 Å². The summed E-state index contributed by atoms with van der Waals surface area (Å²) in [5.41, 5.74) is 0.419. The summed E-state index contributed by atoms with van der Waals surface area (Å²) in [6, 6.07) is 11.7. The van der Waals surface area contributed by atoms with Gasteiger partial charge >= 0.3 is 0 Å². The van der Waals surface area contributed by atoms with Gasteiger partial charge in [0.15, 0.2) is 0 Å². The highest BCUT2D eigenvalue weighted by Gasteiger charge is 2.15. The number of rotatable bonds is 4. The van der Waals surface area contributed by atoms with Gasteiger partial charge in [-0.25, -0.2) is 0 Å². The third kappa shape index (κ3) is 3.49. The van der Waals surface area contributed by atoms with Crippen LogP contribution in [-0.4, -0.2) is 16.3 Å². The van der Waals surface area contributed by atoms with Crippen molar-refractivity contribution in [3.63, 3.8) is 0 Å². The van der Waals surface area contributed by atoms with E-state index in [2.05, 4.69) is 5.16 Å². The molecule has 0 aliphatic heterocycles. The molecule has 0 atom stereocenters. The molecule has 0 saturated heterocycles. The molecule has 2 rings (SSSR count). The van der Waals surface area contributed by atoms with Crippen molar-refractivity contribution in [1.82, 2.24) is 0 Å². The number of halogens is 1. The van der Waals surface area contributed by atoms with Gasteiger partial charge in [0, 0.05) is 21.5 Å². The molecule has 0 saturated carbocycles. The van der Waals surface area contributed by atoms with Crippen LogP contribution in [0.15, 0.2) is 57.4 Å². The highest BCUT2D eigenvalue weighted by Crippen LogP contribution is 2.35. The molecule has 0 spiro atoms. The third-order valence-electron chi connectivity index (χ3n) is 2.43. The molecule has 1 N–H and O–H groups in total. The first-order valence-corrected chi connectivity index (χ1v) is 6.69. The summed E-state index contributed by atoms with van der Waals surface area (Å²) in [6.45, 7) is 0. The fourth-order valence-corrected chi connectivity index (χ4v) is 2.57. The van der Waals surface area contributed by atoms with Crippen LogP contribution in [-0.2, 0) is 0 Å². The van der Waals surface area contributed by atoms with Crippen LogP contribution in [0.3, 0.4) is 0 Å². The van der Waals surface area contributed by atoms with Crippen LogP contribution in [0.2, 0.25) is 5.02 Å². The molecule has 0 fully saturated rings. The van der Waals surface area contributed by atoms with Crippen molar-refractivity contribution in [1.29, 1.82) is 0 Å². The number of nitro benzene ring substituents is 1. The average molecular weight is 309 g/mol. The van der Waals surface area contributed by atoms with Gasteiger partial charge in [-0.1, -0.05) is 34.6 Å². The molecule has 102 valence electrons. The maximum Gasteiger partial charge on any atom is 0.283 e. The van der Waals surface area contributed by atoms with Gasteiger partial charge < -0.3 is 5.21 Å². The van der Waals surface area contributed by atoms with E-state index in [1.807, 2.05) is 0 Å². The first kappa shape index (κ1) is 14.4. The van der Waals surface area contributed by atoms with Gasteiger partial charge in [0.2, 0.25) is 0 Å². The van der Waals surface area contributed by atoms with Crippen molar-refractivity contribution < 1.29 is 10.1 Å². The van der Waals surface area contributed by atoms with E-state index in [-0.39, 0.29) is 5.69 Å². The molecule has 0 radical (unpaired) electrons. The second-order valence-electron chi connectivity index (χ2n) is 3.78. The lowest BCUT2D eigenvalue weighted by Gasteiger charge is -2.04. The summed E-state index contributed by atoms with van der Waals surface area (Å²) < 4.78 is 0. The van der Waals surface area contributed by atoms with Gasteiger partial charge in [-0.3, -0.25) is 10.1 Å². The lowest BCUT2D eigenvalue weighted by molar-refractivity contribution is -0.387. The lowest BCUT2D eigenvalue weighted by Crippen LogP contribution is -1.93. The van der Waals surface area contributed by atoms with Crippen LogP contribution in [0.25, 0.3) is 0 Å². The molecule has 0 aliphatic rings. The van der Waals surface area contributed by atoms with Crippen LogP contribution >= 0.6 is 23.4 Å². The molecule has 0 bridgehead atoms. The molecule has 7 heteroatoms. The third-order valence-corrected chi connectivity index (χ3v) is 3.75. The zero-order valence-corrected chi connectivity index (χ0v) is 11.6. The summed E-state index contributed by atoms with van der Waals surface area (Å²) >= 11 is 7.07. The van der Waals surface area contributed by atoms with Gasteiger partial charge in [0.25, 0.3) is 5.69 Å². The standard InChI is InChI=1S/C13H9ClN2O3S/c14-10-2-4-11(5-3-10)20-13-6-1-9(8-15-17)7-12(13)16(18)19/h1-8,17H. The molecule has 0 aliphatic carbocycles. The fraction of sp³-hybridized carbons (Fsp3) is 0. The minimum atomic E-state index is -0.465. The zero-order chi connectivity index (χ0) is 14.5. The molecule has 2 aromatic rings. The van der Waals surface area contributed by atoms with Crippen LogP contribution in [0, 0.1) is 10.1 Å². The molecule has 5 nitrogen and oxygen atoms in total. The normalized spacial score (nSPS) is 10.8. The summed E-state index contributed by atoms with van der Waals surface area (Å²) in [4.78, 5) is 12.0. The van der Waals surface area contributed by atoms with E-state index in [4.69, 9.17) is 16.8 Å². The predicted molar refractivity (Wildman–Crippen MR) is 78.1 cm³/mol. The Morgan fingerprint density at radius 3 is 2.55 bits per heavy atom. The Kier molecular flexibility index (Phi) is 4.60. The van der Waals surface area contributed by atoms with E-state index in [0.717, 1.165) is 11.1 Å². The molecular weight excluding hydrogens is 300 g/mol. The van der Waals surface area contributed by atoms with Crippen molar-refractivity contribution in [2.75, 3.05) is 0 Å². The molecule has 0 aromatic heterocycles. The summed E-state index contributed by atoms with van der Waals surface area (Å²) in [5, 5.41) is 23.0. The van der Waals surface area contributed by atoms with Gasteiger partial charge in [0.1, 0.15) is 0 Å². The number of oxime groups is 1. The Hall–Kier alpha value is -2.05. The van der Waals surface area contributed by atoms with Gasteiger partial charge in [-0.05, 0) is 30.3 Å². The van der Waals surface area contributed by atoms with Crippen molar-refractivity contribution in [3.05, 3.63) is 63.2 Å². The highest BCUT2D eigenvalue weighted by atomic mass is 35.5. The molecular formula is C13H9ClN2O3S. The first-order valence-electron chi connectivity index (χ1n) is 5.49. The van der Waals surface area contributed by atoms with E-state index in [1.165, 1.54) is 17.8 Å². The Labute approximate surface area is 124 Å². The van der Waals surface area contributed by atoms with Crippen LogP contribution in [0.4, 0.5) is 5.69 Å². The Morgan fingerprint density at radius 2 is 1.95 bits per heavy atom. The average Bonchev–Trinajstić information content (AvgIpc) is 2.43. The number of benzene rings is 2. The Balaban J connectivity index is 2.35. The maximum absolute atomic E-state index is 11.1. The minimum Gasteiger partial charge on any atom is -0.411 e. The number of nitro groups is 1. The van der Waals surface area contributed by atoms with Gasteiger partial charge in [0.05, 0.1) is 16.0 Å². The minimum absolute atomic E-state index is 0.0395.